The van der Waals surface area contributed by atoms with Gasteiger partial charge in [-0.3, -0.25) is 9.59 Å². The molecule has 19 heavy (non-hydrogen) atoms. The molecule has 4 nitrogen and oxygen atoms in total. The summed E-state index contributed by atoms with van der Waals surface area (Å²) >= 11 is 0. The SMILES string of the molecule is CCCCC(C)OC(=O)CC(=O)OC(C)CCCC. The highest BCUT2D eigenvalue weighted by Crippen LogP contribution is 2.08. The Balaban J connectivity index is 3.82. The summed E-state index contributed by atoms with van der Waals surface area (Å²) in [5, 5.41) is 0. The lowest BCUT2D eigenvalue weighted by molar-refractivity contribution is -0.159. The Labute approximate surface area is 116 Å². The number of esters is 2. The summed E-state index contributed by atoms with van der Waals surface area (Å²) in [6, 6.07) is 0. The van der Waals surface area contributed by atoms with E-state index in [9.17, 15) is 9.59 Å². The van der Waals surface area contributed by atoms with Crippen LogP contribution in [0.1, 0.15) is 72.6 Å². The molecular formula is C15H28O4. The third-order valence-electron chi connectivity index (χ3n) is 2.88. The maximum Gasteiger partial charge on any atom is 0.317 e. The Hall–Kier alpha value is -1.06. The van der Waals surface area contributed by atoms with Crippen molar-refractivity contribution < 1.29 is 19.1 Å². The van der Waals surface area contributed by atoms with Crippen molar-refractivity contribution in [3.63, 3.8) is 0 Å². The van der Waals surface area contributed by atoms with Gasteiger partial charge in [-0.1, -0.05) is 39.5 Å². The highest BCUT2D eigenvalue weighted by molar-refractivity contribution is 5.91. The second-order valence-electron chi connectivity index (χ2n) is 5.06. The van der Waals surface area contributed by atoms with Crippen molar-refractivity contribution in [2.45, 2.75) is 84.8 Å². The van der Waals surface area contributed by atoms with Gasteiger partial charge in [-0.2, -0.15) is 0 Å². The number of carbonyl (C=O) groups excluding carboxylic acids is 2. The van der Waals surface area contributed by atoms with Gasteiger partial charge in [0.1, 0.15) is 6.42 Å². The first-order valence-electron chi connectivity index (χ1n) is 7.38. The fraction of sp³-hybridized carbons (Fsp3) is 0.867. The van der Waals surface area contributed by atoms with Gasteiger partial charge in [0.05, 0.1) is 12.2 Å². The Morgan fingerprint density at radius 2 is 1.21 bits per heavy atom. The van der Waals surface area contributed by atoms with Gasteiger partial charge in [-0.25, -0.2) is 0 Å². The van der Waals surface area contributed by atoms with Crippen LogP contribution in [0.25, 0.3) is 0 Å². The van der Waals surface area contributed by atoms with Gasteiger partial charge in [-0.15, -0.1) is 0 Å². The minimum atomic E-state index is -0.490. The van der Waals surface area contributed by atoms with Crippen molar-refractivity contribution in [2.75, 3.05) is 0 Å². The highest BCUT2D eigenvalue weighted by Gasteiger charge is 2.17. The van der Waals surface area contributed by atoms with Gasteiger partial charge in [-0.05, 0) is 26.7 Å². The maximum absolute atomic E-state index is 11.5. The monoisotopic (exact) mass is 272 g/mol. The van der Waals surface area contributed by atoms with Crippen molar-refractivity contribution in [2.24, 2.45) is 0 Å². The number of ether oxygens (including phenoxy) is 2. The molecule has 2 unspecified atom stereocenters. The third kappa shape index (κ3) is 10.5. The van der Waals surface area contributed by atoms with E-state index < -0.39 is 11.9 Å². The molecule has 112 valence electrons. The minimum absolute atomic E-state index is 0.127. The van der Waals surface area contributed by atoms with E-state index in [4.69, 9.17) is 9.47 Å². The molecule has 0 aromatic heterocycles. The van der Waals surface area contributed by atoms with Crippen LogP contribution < -0.4 is 0 Å². The maximum atomic E-state index is 11.5. The fourth-order valence-electron chi connectivity index (χ4n) is 1.75. The standard InChI is InChI=1S/C15H28O4/c1-5-7-9-12(3)18-14(16)11-15(17)19-13(4)10-8-6-2/h12-13H,5-11H2,1-4H3. The van der Waals surface area contributed by atoms with E-state index >= 15 is 0 Å². The first-order chi connectivity index (χ1) is 8.99. The van der Waals surface area contributed by atoms with Gasteiger partial charge in [0.15, 0.2) is 0 Å². The van der Waals surface area contributed by atoms with Crippen LogP contribution in [-0.2, 0) is 19.1 Å². The van der Waals surface area contributed by atoms with Crippen LogP contribution in [0.2, 0.25) is 0 Å². The van der Waals surface area contributed by atoms with Crippen LogP contribution in [-0.4, -0.2) is 24.1 Å². The summed E-state index contributed by atoms with van der Waals surface area (Å²) in [7, 11) is 0. The Morgan fingerprint density at radius 3 is 1.53 bits per heavy atom. The van der Waals surface area contributed by atoms with Crippen LogP contribution in [0.4, 0.5) is 0 Å². The lowest BCUT2D eigenvalue weighted by Gasteiger charge is -2.14. The van der Waals surface area contributed by atoms with Crippen LogP contribution in [0.15, 0.2) is 0 Å². The molecule has 0 saturated heterocycles. The molecule has 0 rings (SSSR count). The van der Waals surface area contributed by atoms with Gasteiger partial charge in [0, 0.05) is 0 Å². The molecule has 0 aliphatic carbocycles. The molecule has 0 aliphatic heterocycles. The van der Waals surface area contributed by atoms with Crippen LogP contribution in [0.5, 0.6) is 0 Å². The largest absolute Gasteiger partial charge is 0.462 e. The summed E-state index contributed by atoms with van der Waals surface area (Å²) in [5.41, 5.74) is 0. The first kappa shape index (κ1) is 17.9. The molecule has 0 N–H and O–H groups in total. The lowest BCUT2D eigenvalue weighted by atomic mass is 10.2. The number of hydrogen-bond donors (Lipinski definition) is 0. The topological polar surface area (TPSA) is 52.6 Å². The molecule has 0 bridgehead atoms. The zero-order valence-electron chi connectivity index (χ0n) is 12.7. The quantitative estimate of drug-likeness (QED) is 0.450. The van der Waals surface area contributed by atoms with E-state index in [0.717, 1.165) is 38.5 Å². The zero-order chi connectivity index (χ0) is 14.7. The highest BCUT2D eigenvalue weighted by atomic mass is 16.6. The smallest absolute Gasteiger partial charge is 0.317 e. The Bertz CT molecular complexity index is 237. The van der Waals surface area contributed by atoms with Crippen molar-refractivity contribution in [1.82, 2.24) is 0 Å². The fourth-order valence-corrected chi connectivity index (χ4v) is 1.75. The average molecular weight is 272 g/mol. The molecule has 2 atom stereocenters. The number of carbonyl (C=O) groups is 2. The van der Waals surface area contributed by atoms with E-state index in [1.807, 2.05) is 13.8 Å². The third-order valence-corrected chi connectivity index (χ3v) is 2.88. The predicted molar refractivity (Wildman–Crippen MR) is 74.8 cm³/mol. The Kier molecular flexibility index (Phi) is 10.2. The first-order valence-corrected chi connectivity index (χ1v) is 7.38. The predicted octanol–water partition coefficient (Wildman–Crippen LogP) is 3.62. The van der Waals surface area contributed by atoms with E-state index in [1.165, 1.54) is 0 Å². The molecule has 0 saturated carbocycles. The molecule has 0 amide bonds. The minimum Gasteiger partial charge on any atom is -0.462 e. The van der Waals surface area contributed by atoms with Crippen LogP contribution in [0, 0.1) is 0 Å². The molecule has 0 heterocycles. The summed E-state index contributed by atoms with van der Waals surface area (Å²) in [4.78, 5) is 23.0. The normalized spacial score (nSPS) is 13.7. The zero-order valence-corrected chi connectivity index (χ0v) is 12.7. The van der Waals surface area contributed by atoms with Gasteiger partial charge in [0.25, 0.3) is 0 Å². The molecule has 0 radical (unpaired) electrons. The number of rotatable bonds is 10. The summed E-state index contributed by atoms with van der Waals surface area (Å²) in [6.45, 7) is 7.87. The number of hydrogen-bond acceptors (Lipinski definition) is 4. The van der Waals surface area contributed by atoms with Crippen molar-refractivity contribution >= 4 is 11.9 Å². The van der Waals surface area contributed by atoms with Gasteiger partial charge in [0.2, 0.25) is 0 Å². The van der Waals surface area contributed by atoms with Gasteiger partial charge < -0.3 is 9.47 Å². The van der Waals surface area contributed by atoms with Crippen LogP contribution >= 0.6 is 0 Å². The van der Waals surface area contributed by atoms with E-state index in [1.54, 1.807) is 0 Å². The lowest BCUT2D eigenvalue weighted by Crippen LogP contribution is -2.21. The Morgan fingerprint density at radius 1 is 0.842 bits per heavy atom. The van der Waals surface area contributed by atoms with Crippen molar-refractivity contribution in [3.8, 4) is 0 Å². The second kappa shape index (κ2) is 10.8. The van der Waals surface area contributed by atoms with Gasteiger partial charge >= 0.3 is 11.9 Å². The molecule has 0 aliphatic rings. The summed E-state index contributed by atoms with van der Waals surface area (Å²) < 4.78 is 10.3. The summed E-state index contributed by atoms with van der Waals surface area (Å²) in [5.74, 6) is -0.979. The summed E-state index contributed by atoms with van der Waals surface area (Å²) in [6.07, 6.45) is 5.31. The molecular weight excluding hydrogens is 244 g/mol. The molecule has 0 spiro atoms. The van der Waals surface area contributed by atoms with Crippen molar-refractivity contribution in [3.05, 3.63) is 0 Å². The second-order valence-corrected chi connectivity index (χ2v) is 5.06. The van der Waals surface area contributed by atoms with E-state index in [0.29, 0.717) is 0 Å². The molecule has 4 heteroatoms. The number of unbranched alkanes of at least 4 members (excludes halogenated alkanes) is 2. The molecule has 0 aromatic carbocycles. The van der Waals surface area contributed by atoms with Crippen molar-refractivity contribution in [1.29, 1.82) is 0 Å². The molecule has 0 fully saturated rings. The average Bonchev–Trinajstić information content (AvgIpc) is 2.33. The van der Waals surface area contributed by atoms with Crippen LogP contribution in [0.3, 0.4) is 0 Å². The molecule has 0 aromatic rings. The van der Waals surface area contributed by atoms with E-state index in [-0.39, 0.29) is 18.6 Å². The van der Waals surface area contributed by atoms with E-state index in [2.05, 4.69) is 13.8 Å².